The van der Waals surface area contributed by atoms with E-state index in [0.717, 1.165) is 17.9 Å². The van der Waals surface area contributed by atoms with Crippen molar-refractivity contribution in [1.29, 1.82) is 0 Å². The molecule has 70 valence electrons. The lowest BCUT2D eigenvalue weighted by molar-refractivity contribution is 0.0686. The summed E-state index contributed by atoms with van der Waals surface area (Å²) in [5.74, 6) is 1.92. The predicted octanol–water partition coefficient (Wildman–Crippen LogP) is 2.42. The molecular formula is C11H21N. The third-order valence-corrected chi connectivity index (χ3v) is 3.86. The molecule has 0 spiro atoms. The van der Waals surface area contributed by atoms with Crippen LogP contribution >= 0.6 is 0 Å². The van der Waals surface area contributed by atoms with Crippen molar-refractivity contribution in [3.63, 3.8) is 0 Å². The lowest BCUT2D eigenvalue weighted by atomic mass is 9.65. The predicted molar refractivity (Wildman–Crippen MR) is 52.1 cm³/mol. The minimum Gasteiger partial charge on any atom is -0.313 e. The second-order valence-electron chi connectivity index (χ2n) is 5.65. The Labute approximate surface area is 75.9 Å². The van der Waals surface area contributed by atoms with Gasteiger partial charge in [0.2, 0.25) is 0 Å². The van der Waals surface area contributed by atoms with Gasteiger partial charge in [0.15, 0.2) is 0 Å². The van der Waals surface area contributed by atoms with Crippen LogP contribution in [0.1, 0.15) is 40.0 Å². The molecule has 1 N–H and O–H groups in total. The minimum absolute atomic E-state index is 0.508. The third kappa shape index (κ3) is 1.39. The molecule has 12 heavy (non-hydrogen) atoms. The van der Waals surface area contributed by atoms with E-state index in [-0.39, 0.29) is 0 Å². The summed E-state index contributed by atoms with van der Waals surface area (Å²) >= 11 is 0. The Morgan fingerprint density at radius 3 is 2.33 bits per heavy atom. The number of hydrogen-bond donors (Lipinski definition) is 1. The minimum atomic E-state index is 0.508. The Kier molecular flexibility index (Phi) is 1.95. The summed E-state index contributed by atoms with van der Waals surface area (Å²) in [6.45, 7) is 8.37. The summed E-state index contributed by atoms with van der Waals surface area (Å²) in [4.78, 5) is 0. The van der Waals surface area contributed by atoms with Crippen LogP contribution in [-0.2, 0) is 0 Å². The molecule has 3 unspecified atom stereocenters. The van der Waals surface area contributed by atoms with Crippen LogP contribution in [0, 0.1) is 17.3 Å². The van der Waals surface area contributed by atoms with Crippen LogP contribution in [0.2, 0.25) is 0 Å². The maximum atomic E-state index is 3.68. The lowest BCUT2D eigenvalue weighted by Gasteiger charge is -2.48. The van der Waals surface area contributed by atoms with E-state index < -0.39 is 0 Å². The molecule has 0 amide bonds. The van der Waals surface area contributed by atoms with E-state index in [9.17, 15) is 0 Å². The first kappa shape index (κ1) is 8.55. The van der Waals surface area contributed by atoms with Crippen molar-refractivity contribution in [2.45, 2.75) is 46.1 Å². The fourth-order valence-electron chi connectivity index (χ4n) is 2.52. The van der Waals surface area contributed by atoms with Crippen LogP contribution in [0.15, 0.2) is 0 Å². The monoisotopic (exact) mass is 167 g/mol. The molecule has 1 nitrogen and oxygen atoms in total. The van der Waals surface area contributed by atoms with Gasteiger partial charge in [0, 0.05) is 6.04 Å². The van der Waals surface area contributed by atoms with E-state index in [0.29, 0.717) is 5.41 Å². The Morgan fingerprint density at radius 1 is 1.17 bits per heavy atom. The smallest absolute Gasteiger partial charge is 0.00956 e. The fourth-order valence-corrected chi connectivity index (χ4v) is 2.52. The average Bonchev–Trinajstić information content (AvgIpc) is 1.89. The number of nitrogens with one attached hydrogen (secondary N) is 1. The molecule has 1 aliphatic carbocycles. The first-order valence-corrected chi connectivity index (χ1v) is 5.31. The van der Waals surface area contributed by atoms with Crippen molar-refractivity contribution in [3.05, 3.63) is 0 Å². The van der Waals surface area contributed by atoms with E-state index in [1.165, 1.54) is 25.8 Å². The zero-order valence-electron chi connectivity index (χ0n) is 8.56. The van der Waals surface area contributed by atoms with Gasteiger partial charge in [0.1, 0.15) is 0 Å². The SMILES string of the molecule is CC(C)(C)C1CNC2CCC2C1. The zero-order chi connectivity index (χ0) is 8.77. The number of fused-ring (bicyclic) bond motifs is 1. The average molecular weight is 167 g/mol. The van der Waals surface area contributed by atoms with Crippen LogP contribution < -0.4 is 5.32 Å². The number of hydrogen-bond acceptors (Lipinski definition) is 1. The molecule has 2 rings (SSSR count). The van der Waals surface area contributed by atoms with E-state index >= 15 is 0 Å². The van der Waals surface area contributed by atoms with E-state index in [1.807, 2.05) is 0 Å². The number of rotatable bonds is 0. The Hall–Kier alpha value is -0.0400. The largest absolute Gasteiger partial charge is 0.313 e. The van der Waals surface area contributed by atoms with Gasteiger partial charge in [-0.05, 0) is 43.1 Å². The van der Waals surface area contributed by atoms with Crippen molar-refractivity contribution in [2.24, 2.45) is 17.3 Å². The van der Waals surface area contributed by atoms with Crippen LogP contribution in [0.3, 0.4) is 0 Å². The van der Waals surface area contributed by atoms with Gasteiger partial charge in [-0.3, -0.25) is 0 Å². The highest BCUT2D eigenvalue weighted by Crippen LogP contribution is 2.41. The van der Waals surface area contributed by atoms with Crippen molar-refractivity contribution in [2.75, 3.05) is 6.54 Å². The molecule has 2 aliphatic rings. The maximum Gasteiger partial charge on any atom is 0.00956 e. The molecule has 3 atom stereocenters. The van der Waals surface area contributed by atoms with Crippen LogP contribution in [-0.4, -0.2) is 12.6 Å². The summed E-state index contributed by atoms with van der Waals surface area (Å²) in [6, 6.07) is 0.892. The molecular weight excluding hydrogens is 146 g/mol. The van der Waals surface area contributed by atoms with Gasteiger partial charge in [0.25, 0.3) is 0 Å². The summed E-state index contributed by atoms with van der Waals surface area (Å²) in [5.41, 5.74) is 0.508. The quantitative estimate of drug-likeness (QED) is 0.584. The van der Waals surface area contributed by atoms with Crippen LogP contribution in [0.4, 0.5) is 0 Å². The molecule has 1 saturated carbocycles. The molecule has 1 saturated heterocycles. The normalized spacial score (nSPS) is 41.8. The Balaban J connectivity index is 1.94. The highest BCUT2D eigenvalue weighted by atomic mass is 15.0. The van der Waals surface area contributed by atoms with Gasteiger partial charge in [-0.15, -0.1) is 0 Å². The van der Waals surface area contributed by atoms with Gasteiger partial charge < -0.3 is 5.32 Å². The molecule has 1 heteroatoms. The fraction of sp³-hybridized carbons (Fsp3) is 1.00. The Morgan fingerprint density at radius 2 is 1.92 bits per heavy atom. The highest BCUT2D eigenvalue weighted by molar-refractivity contribution is 4.95. The Bertz CT molecular complexity index is 168. The van der Waals surface area contributed by atoms with Crippen molar-refractivity contribution in [1.82, 2.24) is 5.32 Å². The van der Waals surface area contributed by atoms with Crippen molar-refractivity contribution >= 4 is 0 Å². The van der Waals surface area contributed by atoms with Gasteiger partial charge >= 0.3 is 0 Å². The third-order valence-electron chi connectivity index (χ3n) is 3.86. The van der Waals surface area contributed by atoms with Gasteiger partial charge in [0.05, 0.1) is 0 Å². The first-order valence-electron chi connectivity index (χ1n) is 5.31. The number of piperidine rings is 1. The summed E-state index contributed by atoms with van der Waals surface area (Å²) < 4.78 is 0. The molecule has 1 heterocycles. The molecule has 0 bridgehead atoms. The first-order chi connectivity index (χ1) is 5.57. The molecule has 2 fully saturated rings. The second kappa shape index (κ2) is 2.73. The molecule has 0 radical (unpaired) electrons. The van der Waals surface area contributed by atoms with Crippen LogP contribution in [0.25, 0.3) is 0 Å². The van der Waals surface area contributed by atoms with Crippen molar-refractivity contribution in [3.8, 4) is 0 Å². The van der Waals surface area contributed by atoms with E-state index in [2.05, 4.69) is 26.1 Å². The van der Waals surface area contributed by atoms with Crippen molar-refractivity contribution < 1.29 is 0 Å². The van der Waals surface area contributed by atoms with Gasteiger partial charge in [-0.2, -0.15) is 0 Å². The topological polar surface area (TPSA) is 12.0 Å². The standard InChI is InChI=1S/C11H21N/c1-11(2,3)9-6-8-4-5-10(8)12-7-9/h8-10,12H,4-7H2,1-3H3. The van der Waals surface area contributed by atoms with E-state index in [1.54, 1.807) is 0 Å². The van der Waals surface area contributed by atoms with Gasteiger partial charge in [-0.25, -0.2) is 0 Å². The molecule has 0 aromatic rings. The molecule has 1 aliphatic heterocycles. The second-order valence-corrected chi connectivity index (χ2v) is 5.65. The maximum absolute atomic E-state index is 3.68. The summed E-state index contributed by atoms with van der Waals surface area (Å²) in [6.07, 6.45) is 4.38. The van der Waals surface area contributed by atoms with Gasteiger partial charge in [-0.1, -0.05) is 20.8 Å². The van der Waals surface area contributed by atoms with E-state index in [4.69, 9.17) is 0 Å². The van der Waals surface area contributed by atoms with Crippen LogP contribution in [0.5, 0.6) is 0 Å². The zero-order valence-corrected chi connectivity index (χ0v) is 8.56. The summed E-state index contributed by atoms with van der Waals surface area (Å²) in [5, 5.41) is 3.68. The summed E-state index contributed by atoms with van der Waals surface area (Å²) in [7, 11) is 0. The highest BCUT2D eigenvalue weighted by Gasteiger charge is 2.39. The molecule has 0 aromatic heterocycles. The lowest BCUT2D eigenvalue weighted by Crippen LogP contribution is -2.53. The molecule has 0 aromatic carbocycles.